The van der Waals surface area contributed by atoms with Crippen LogP contribution in [0.15, 0.2) is 54.2 Å². The average molecular weight is 295 g/mol. The molecule has 0 fully saturated rings. The van der Waals surface area contributed by atoms with Crippen LogP contribution in [-0.2, 0) is 0 Å². The van der Waals surface area contributed by atoms with E-state index in [1.165, 1.54) is 0 Å². The zero-order valence-electron chi connectivity index (χ0n) is 13.5. The Labute approximate surface area is 131 Å². The fourth-order valence-electron chi connectivity index (χ4n) is 2.10. The number of rotatable bonds is 5. The van der Waals surface area contributed by atoms with Crippen molar-refractivity contribution >= 4 is 17.1 Å². The van der Waals surface area contributed by atoms with Gasteiger partial charge in [0.25, 0.3) is 0 Å². The van der Waals surface area contributed by atoms with Gasteiger partial charge >= 0.3 is 0 Å². The van der Waals surface area contributed by atoms with Crippen LogP contribution in [0.1, 0.15) is 11.3 Å². The van der Waals surface area contributed by atoms with Crippen molar-refractivity contribution in [2.45, 2.75) is 6.92 Å². The van der Waals surface area contributed by atoms with Crippen LogP contribution in [0.25, 0.3) is 0 Å². The van der Waals surface area contributed by atoms with E-state index in [1.807, 2.05) is 56.3 Å². The van der Waals surface area contributed by atoms with Crippen molar-refractivity contribution in [3.8, 4) is 5.75 Å². The second kappa shape index (κ2) is 6.89. The molecule has 0 aliphatic heterocycles. The number of pyridine rings is 1. The first-order valence-corrected chi connectivity index (χ1v) is 7.04. The second-order valence-corrected chi connectivity index (χ2v) is 5.14. The molecule has 1 aromatic heterocycles. The lowest BCUT2D eigenvalue weighted by Crippen LogP contribution is -2.09. The number of nitrogens with zero attached hydrogens (tertiary/aromatic N) is 3. The minimum Gasteiger partial charge on any atom is -0.497 e. The maximum atomic E-state index is 5.18. The Morgan fingerprint density at radius 3 is 2.50 bits per heavy atom. The van der Waals surface area contributed by atoms with Gasteiger partial charge in [0.1, 0.15) is 11.4 Å². The molecule has 0 aliphatic rings. The van der Waals surface area contributed by atoms with E-state index in [0.29, 0.717) is 0 Å². The van der Waals surface area contributed by atoms with E-state index >= 15 is 0 Å². The highest BCUT2D eigenvalue weighted by molar-refractivity contribution is 6.10. The molecule has 0 saturated carbocycles. The van der Waals surface area contributed by atoms with Gasteiger partial charge in [-0.25, -0.2) is 4.99 Å². The van der Waals surface area contributed by atoms with Crippen LogP contribution in [0, 0.1) is 6.92 Å². The maximum absolute atomic E-state index is 5.18. The summed E-state index contributed by atoms with van der Waals surface area (Å²) in [5, 5.41) is 0. The Morgan fingerprint density at radius 1 is 1.27 bits per heavy atom. The molecule has 0 radical (unpaired) electrons. The zero-order chi connectivity index (χ0) is 16.1. The first-order chi connectivity index (χ1) is 10.5. The molecule has 1 aromatic carbocycles. The normalized spacial score (nSPS) is 11.2. The number of benzene rings is 1. The fraction of sp³-hybridized carbons (Fsp3) is 0.222. The van der Waals surface area contributed by atoms with Crippen molar-refractivity contribution in [3.63, 3.8) is 0 Å². The molecule has 4 nitrogen and oxygen atoms in total. The summed E-state index contributed by atoms with van der Waals surface area (Å²) in [5.41, 5.74) is 4.60. The van der Waals surface area contributed by atoms with E-state index in [9.17, 15) is 0 Å². The first-order valence-electron chi connectivity index (χ1n) is 7.04. The average Bonchev–Trinajstić information content (AvgIpc) is 2.53. The summed E-state index contributed by atoms with van der Waals surface area (Å²) >= 11 is 0. The molecule has 22 heavy (non-hydrogen) atoms. The van der Waals surface area contributed by atoms with E-state index in [1.54, 1.807) is 19.4 Å². The number of hydrogen-bond acceptors (Lipinski definition) is 4. The number of allylic oxidation sites excluding steroid dienone is 1. The lowest BCUT2D eigenvalue weighted by molar-refractivity contribution is 0.415. The van der Waals surface area contributed by atoms with Crippen LogP contribution in [0.2, 0.25) is 0 Å². The third kappa shape index (κ3) is 3.52. The molecule has 114 valence electrons. The lowest BCUT2D eigenvalue weighted by Gasteiger charge is -2.16. The topological polar surface area (TPSA) is 37.7 Å². The van der Waals surface area contributed by atoms with Crippen molar-refractivity contribution in [1.82, 2.24) is 4.98 Å². The summed E-state index contributed by atoms with van der Waals surface area (Å²) in [6.45, 7) is 5.84. The zero-order valence-corrected chi connectivity index (χ0v) is 13.5. The molecule has 0 atom stereocenters. The summed E-state index contributed by atoms with van der Waals surface area (Å²) in [4.78, 5) is 11.1. The Hall–Kier alpha value is -2.62. The predicted molar refractivity (Wildman–Crippen MR) is 92.7 cm³/mol. The summed E-state index contributed by atoms with van der Waals surface area (Å²) in [6, 6.07) is 9.78. The number of ether oxygens (including phenoxy) is 1. The quantitative estimate of drug-likeness (QED) is 0.788. The second-order valence-electron chi connectivity index (χ2n) is 5.14. The van der Waals surface area contributed by atoms with Crippen LogP contribution >= 0.6 is 0 Å². The number of anilines is 1. The minimum absolute atomic E-state index is 0.802. The molecule has 0 bridgehead atoms. The predicted octanol–water partition coefficient (Wildman–Crippen LogP) is 3.77. The van der Waals surface area contributed by atoms with Gasteiger partial charge in [-0.05, 0) is 43.3 Å². The molecule has 0 spiro atoms. The molecule has 2 aromatic rings. The number of methoxy groups -OCH3 is 1. The van der Waals surface area contributed by atoms with E-state index in [2.05, 4.69) is 11.6 Å². The largest absolute Gasteiger partial charge is 0.497 e. The van der Waals surface area contributed by atoms with Crippen LogP contribution in [0.5, 0.6) is 5.75 Å². The molecule has 0 saturated heterocycles. The number of aliphatic imine (C=N–C) groups is 1. The molecule has 2 rings (SSSR count). The van der Waals surface area contributed by atoms with Crippen molar-refractivity contribution in [3.05, 3.63) is 60.4 Å². The maximum Gasteiger partial charge on any atom is 0.118 e. The fourth-order valence-corrected chi connectivity index (χ4v) is 2.10. The highest BCUT2D eigenvalue weighted by Crippen LogP contribution is 2.28. The molecule has 0 aliphatic carbocycles. The summed E-state index contributed by atoms with van der Waals surface area (Å²) in [5.74, 6) is 0.818. The van der Waals surface area contributed by atoms with Gasteiger partial charge < -0.3 is 9.64 Å². The van der Waals surface area contributed by atoms with E-state index in [-0.39, 0.29) is 0 Å². The Kier molecular flexibility index (Phi) is 4.94. The highest BCUT2D eigenvalue weighted by atomic mass is 16.5. The Balaban J connectivity index is 2.46. The number of aryl methyl sites for hydroxylation is 1. The molecule has 1 heterocycles. The molecule has 0 unspecified atom stereocenters. The van der Waals surface area contributed by atoms with Crippen molar-refractivity contribution in [2.75, 3.05) is 26.1 Å². The standard InChI is InChI=1S/C18H21N3O/c1-6-16(14-7-9-15(22-5)10-8-14)20-17-12-19-13(2)11-18(17)21(3)4/h6-12H,1H2,2-5H3/b20-16+. The summed E-state index contributed by atoms with van der Waals surface area (Å²) in [6.07, 6.45) is 3.54. The SMILES string of the molecule is C=C/C(=N\c1cnc(C)cc1N(C)C)c1ccc(OC)cc1. The minimum atomic E-state index is 0.802. The number of hydrogen-bond donors (Lipinski definition) is 0. The third-order valence-corrected chi connectivity index (χ3v) is 3.30. The van der Waals surface area contributed by atoms with Gasteiger partial charge in [0, 0.05) is 25.4 Å². The highest BCUT2D eigenvalue weighted by Gasteiger charge is 2.07. The first kappa shape index (κ1) is 15.8. The van der Waals surface area contributed by atoms with E-state index in [4.69, 9.17) is 9.73 Å². The van der Waals surface area contributed by atoms with Gasteiger partial charge in [0.2, 0.25) is 0 Å². The van der Waals surface area contributed by atoms with Crippen molar-refractivity contribution < 1.29 is 4.74 Å². The monoisotopic (exact) mass is 295 g/mol. The molecular formula is C18H21N3O. The Bertz CT molecular complexity index is 688. The summed E-state index contributed by atoms with van der Waals surface area (Å²) < 4.78 is 5.18. The molecule has 4 heteroatoms. The van der Waals surface area contributed by atoms with Gasteiger partial charge in [-0.3, -0.25) is 4.98 Å². The van der Waals surface area contributed by atoms with E-state index in [0.717, 1.165) is 34.1 Å². The molecular weight excluding hydrogens is 274 g/mol. The molecule has 0 amide bonds. The van der Waals surface area contributed by atoms with Crippen LogP contribution in [0.3, 0.4) is 0 Å². The summed E-state index contributed by atoms with van der Waals surface area (Å²) in [7, 11) is 5.64. The van der Waals surface area contributed by atoms with Crippen LogP contribution in [-0.4, -0.2) is 31.9 Å². The Morgan fingerprint density at radius 2 is 1.95 bits per heavy atom. The van der Waals surface area contributed by atoms with Crippen molar-refractivity contribution in [2.24, 2.45) is 4.99 Å². The van der Waals surface area contributed by atoms with Crippen LogP contribution in [0.4, 0.5) is 11.4 Å². The van der Waals surface area contributed by atoms with Gasteiger partial charge in [-0.1, -0.05) is 6.58 Å². The molecule has 0 N–H and O–H groups in total. The van der Waals surface area contributed by atoms with Gasteiger partial charge in [0.05, 0.1) is 24.7 Å². The van der Waals surface area contributed by atoms with E-state index < -0.39 is 0 Å². The van der Waals surface area contributed by atoms with Gasteiger partial charge in [-0.15, -0.1) is 0 Å². The number of aromatic nitrogens is 1. The van der Waals surface area contributed by atoms with Crippen LogP contribution < -0.4 is 9.64 Å². The lowest BCUT2D eigenvalue weighted by atomic mass is 10.1. The van der Waals surface area contributed by atoms with Crippen molar-refractivity contribution in [1.29, 1.82) is 0 Å². The third-order valence-electron chi connectivity index (χ3n) is 3.30. The smallest absolute Gasteiger partial charge is 0.118 e. The van der Waals surface area contributed by atoms with Gasteiger partial charge in [0.15, 0.2) is 0 Å². The van der Waals surface area contributed by atoms with Gasteiger partial charge in [-0.2, -0.15) is 0 Å².